The van der Waals surface area contributed by atoms with E-state index in [1.807, 2.05) is 0 Å². The molecule has 1 N–H and O–H groups in total. The van der Waals surface area contributed by atoms with Crippen molar-refractivity contribution < 1.29 is 4.74 Å². The second-order valence-corrected chi connectivity index (χ2v) is 7.53. The van der Waals surface area contributed by atoms with Gasteiger partial charge in [0.2, 0.25) is 0 Å². The summed E-state index contributed by atoms with van der Waals surface area (Å²) in [6, 6.07) is 6.90. The lowest BCUT2D eigenvalue weighted by atomic mass is 9.64. The molecule has 1 aliphatic carbocycles. The molecule has 0 saturated heterocycles. The van der Waals surface area contributed by atoms with Crippen LogP contribution in [0.25, 0.3) is 0 Å². The largest absolute Gasteiger partial charge is 0.489 e. The van der Waals surface area contributed by atoms with Gasteiger partial charge in [-0.15, -0.1) is 0 Å². The molecule has 2 atom stereocenters. The highest BCUT2D eigenvalue weighted by atomic mass is 79.9. The fraction of sp³-hybridized carbons (Fsp3) is 0.647. The molecule has 2 unspecified atom stereocenters. The van der Waals surface area contributed by atoms with E-state index in [1.54, 1.807) is 0 Å². The molecule has 1 aromatic rings. The van der Waals surface area contributed by atoms with E-state index in [0.29, 0.717) is 18.1 Å². The predicted molar refractivity (Wildman–Crippen MR) is 88.5 cm³/mol. The van der Waals surface area contributed by atoms with Crippen molar-refractivity contribution >= 4 is 15.9 Å². The number of rotatable bonds is 5. The molecule has 112 valence electrons. The Morgan fingerprint density at radius 2 is 2.10 bits per heavy atom. The van der Waals surface area contributed by atoms with Gasteiger partial charge in [0.1, 0.15) is 11.9 Å². The molecule has 1 aromatic carbocycles. The Hall–Kier alpha value is -0.540. The van der Waals surface area contributed by atoms with Crippen LogP contribution in [0.15, 0.2) is 22.7 Å². The van der Waals surface area contributed by atoms with Crippen LogP contribution >= 0.6 is 15.9 Å². The first-order chi connectivity index (χ1) is 9.36. The third kappa shape index (κ3) is 3.04. The molecule has 2 rings (SSSR count). The molecule has 1 aliphatic rings. The highest BCUT2D eigenvalue weighted by molar-refractivity contribution is 9.10. The van der Waals surface area contributed by atoms with Crippen molar-refractivity contribution in [1.29, 1.82) is 0 Å². The van der Waals surface area contributed by atoms with Crippen LogP contribution in [0.2, 0.25) is 0 Å². The monoisotopic (exact) mass is 339 g/mol. The molecule has 0 aromatic heterocycles. The van der Waals surface area contributed by atoms with Crippen molar-refractivity contribution in [3.05, 3.63) is 28.2 Å². The summed E-state index contributed by atoms with van der Waals surface area (Å²) in [6.45, 7) is 12.2. The van der Waals surface area contributed by atoms with Crippen LogP contribution < -0.4 is 10.1 Å². The van der Waals surface area contributed by atoms with Crippen LogP contribution in [0.3, 0.4) is 0 Å². The van der Waals surface area contributed by atoms with Crippen molar-refractivity contribution in [3.63, 3.8) is 0 Å². The molecule has 0 heterocycles. The molecule has 0 aliphatic heterocycles. The van der Waals surface area contributed by atoms with E-state index < -0.39 is 0 Å². The maximum atomic E-state index is 6.33. The van der Waals surface area contributed by atoms with E-state index >= 15 is 0 Å². The highest BCUT2D eigenvalue weighted by Crippen LogP contribution is 2.44. The zero-order chi connectivity index (χ0) is 14.9. The van der Waals surface area contributed by atoms with Gasteiger partial charge in [-0.25, -0.2) is 0 Å². The normalized spacial score (nSPS) is 24.6. The Morgan fingerprint density at radius 1 is 1.40 bits per heavy atom. The fourth-order valence-electron chi connectivity index (χ4n) is 2.91. The van der Waals surface area contributed by atoms with E-state index in [4.69, 9.17) is 4.74 Å². The molecule has 1 fully saturated rings. The molecule has 0 bridgehead atoms. The van der Waals surface area contributed by atoms with Crippen LogP contribution in [0.5, 0.6) is 5.75 Å². The first-order valence-electron chi connectivity index (χ1n) is 7.55. The van der Waals surface area contributed by atoms with Crippen molar-refractivity contribution in [1.82, 2.24) is 5.32 Å². The van der Waals surface area contributed by atoms with Crippen LogP contribution in [0, 0.1) is 5.41 Å². The molecule has 0 amide bonds. The molecule has 3 heteroatoms. The third-order valence-corrected chi connectivity index (χ3v) is 4.98. The minimum atomic E-state index is 0.192. The number of ether oxygens (including phenoxy) is 1. The Labute approximate surface area is 131 Å². The average molecular weight is 340 g/mol. The quantitative estimate of drug-likeness (QED) is 0.837. The van der Waals surface area contributed by atoms with Crippen LogP contribution in [-0.4, -0.2) is 18.7 Å². The lowest BCUT2D eigenvalue weighted by Crippen LogP contribution is -2.62. The summed E-state index contributed by atoms with van der Waals surface area (Å²) >= 11 is 3.55. The minimum Gasteiger partial charge on any atom is -0.489 e. The van der Waals surface area contributed by atoms with E-state index in [1.165, 1.54) is 5.56 Å². The van der Waals surface area contributed by atoms with Gasteiger partial charge in [0.05, 0.1) is 0 Å². The molecule has 2 nitrogen and oxygen atoms in total. The Balaban J connectivity index is 2.12. The summed E-state index contributed by atoms with van der Waals surface area (Å²) in [5.74, 6) is 1.51. The third-order valence-electron chi connectivity index (χ3n) is 4.49. The molecule has 0 spiro atoms. The second-order valence-electron chi connectivity index (χ2n) is 6.61. The van der Waals surface area contributed by atoms with Gasteiger partial charge in [0.15, 0.2) is 0 Å². The van der Waals surface area contributed by atoms with Gasteiger partial charge in [-0.1, -0.05) is 50.5 Å². The first-order valence-corrected chi connectivity index (χ1v) is 8.35. The van der Waals surface area contributed by atoms with Gasteiger partial charge in [-0.2, -0.15) is 0 Å². The SMILES string of the molecule is CCNC1CC(Oc2ccc(Br)cc2C(C)C)C1(C)C. The molecule has 0 radical (unpaired) electrons. The minimum absolute atomic E-state index is 0.192. The first kappa shape index (κ1) is 15.8. The number of halogens is 1. The van der Waals surface area contributed by atoms with Gasteiger partial charge in [0, 0.05) is 22.4 Å². The number of benzene rings is 1. The van der Waals surface area contributed by atoms with E-state index in [9.17, 15) is 0 Å². The lowest BCUT2D eigenvalue weighted by Gasteiger charge is -2.51. The summed E-state index contributed by atoms with van der Waals surface area (Å²) in [7, 11) is 0. The van der Waals surface area contributed by atoms with E-state index in [-0.39, 0.29) is 5.41 Å². The topological polar surface area (TPSA) is 21.3 Å². The second kappa shape index (κ2) is 6.07. The zero-order valence-corrected chi connectivity index (χ0v) is 14.8. The fourth-order valence-corrected chi connectivity index (χ4v) is 3.29. The maximum absolute atomic E-state index is 6.33. The molecule has 1 saturated carbocycles. The Morgan fingerprint density at radius 3 is 2.65 bits per heavy atom. The summed E-state index contributed by atoms with van der Waals surface area (Å²) in [5, 5.41) is 3.55. The smallest absolute Gasteiger partial charge is 0.123 e. The van der Waals surface area contributed by atoms with E-state index in [0.717, 1.165) is 23.2 Å². The van der Waals surface area contributed by atoms with E-state index in [2.05, 4.69) is 74.1 Å². The van der Waals surface area contributed by atoms with Crippen LogP contribution in [0.4, 0.5) is 0 Å². The van der Waals surface area contributed by atoms with Gasteiger partial charge in [-0.05, 0) is 36.2 Å². The summed E-state index contributed by atoms with van der Waals surface area (Å²) in [5.41, 5.74) is 1.47. The van der Waals surface area contributed by atoms with Gasteiger partial charge in [0.25, 0.3) is 0 Å². The van der Waals surface area contributed by atoms with Gasteiger partial charge in [-0.3, -0.25) is 0 Å². The zero-order valence-electron chi connectivity index (χ0n) is 13.2. The van der Waals surface area contributed by atoms with Gasteiger partial charge >= 0.3 is 0 Å². The Bertz CT molecular complexity index is 470. The summed E-state index contributed by atoms with van der Waals surface area (Å²) in [6.07, 6.45) is 1.39. The van der Waals surface area contributed by atoms with Crippen molar-refractivity contribution in [2.45, 2.75) is 59.1 Å². The van der Waals surface area contributed by atoms with Crippen molar-refractivity contribution in [3.8, 4) is 5.75 Å². The molecule has 20 heavy (non-hydrogen) atoms. The molecular formula is C17H26BrNO. The van der Waals surface area contributed by atoms with Crippen molar-refractivity contribution in [2.75, 3.05) is 6.54 Å². The lowest BCUT2D eigenvalue weighted by molar-refractivity contribution is -0.0546. The maximum Gasteiger partial charge on any atom is 0.123 e. The van der Waals surface area contributed by atoms with Gasteiger partial charge < -0.3 is 10.1 Å². The number of hydrogen-bond acceptors (Lipinski definition) is 2. The van der Waals surface area contributed by atoms with Crippen molar-refractivity contribution in [2.24, 2.45) is 5.41 Å². The van der Waals surface area contributed by atoms with Crippen LogP contribution in [-0.2, 0) is 0 Å². The predicted octanol–water partition coefficient (Wildman–Crippen LogP) is 4.73. The number of hydrogen-bond donors (Lipinski definition) is 1. The standard InChI is InChI=1S/C17H26BrNO/c1-6-19-15-10-16(17(15,4)5)20-14-8-7-12(18)9-13(14)11(2)3/h7-9,11,15-16,19H,6,10H2,1-5H3. The van der Waals surface area contributed by atoms with Crippen LogP contribution in [0.1, 0.15) is 52.5 Å². The Kier molecular flexibility index (Phi) is 4.80. The summed E-state index contributed by atoms with van der Waals surface area (Å²) in [4.78, 5) is 0. The molecular weight excluding hydrogens is 314 g/mol. The number of nitrogens with one attached hydrogen (secondary N) is 1. The highest BCUT2D eigenvalue weighted by Gasteiger charge is 2.49. The average Bonchev–Trinajstić information content (AvgIpc) is 2.39. The summed E-state index contributed by atoms with van der Waals surface area (Å²) < 4.78 is 7.45.